The van der Waals surface area contributed by atoms with E-state index in [0.29, 0.717) is 5.92 Å². The predicted octanol–water partition coefficient (Wildman–Crippen LogP) is 6.82. The van der Waals surface area contributed by atoms with Crippen LogP contribution in [0.3, 0.4) is 0 Å². The zero-order valence-corrected chi connectivity index (χ0v) is 14.9. The van der Waals surface area contributed by atoms with E-state index < -0.39 is 0 Å². The van der Waals surface area contributed by atoms with Gasteiger partial charge in [0.25, 0.3) is 0 Å². The molecule has 2 heterocycles. The Morgan fingerprint density at radius 3 is 2.46 bits per heavy atom. The predicted molar refractivity (Wildman–Crippen MR) is 107 cm³/mol. The van der Waals surface area contributed by atoms with Gasteiger partial charge in [0.15, 0.2) is 0 Å². The Bertz CT molecular complexity index is 1240. The number of fused-ring (bicyclic) bond motifs is 7. The van der Waals surface area contributed by atoms with Crippen molar-refractivity contribution in [2.75, 3.05) is 0 Å². The molecule has 0 aliphatic heterocycles. The van der Waals surface area contributed by atoms with Crippen LogP contribution in [0, 0.1) is 0 Å². The van der Waals surface area contributed by atoms with Gasteiger partial charge in [-0.05, 0) is 23.6 Å². The molecule has 2 aromatic heterocycles. The summed E-state index contributed by atoms with van der Waals surface area (Å²) in [5, 5.41) is 5.55. The van der Waals surface area contributed by atoms with Crippen molar-refractivity contribution in [3.8, 4) is 0 Å². The molecule has 1 nitrogen and oxygen atoms in total. The molecule has 118 valence electrons. The van der Waals surface area contributed by atoms with Gasteiger partial charge in [0.2, 0.25) is 0 Å². The van der Waals surface area contributed by atoms with Crippen LogP contribution in [0.15, 0.2) is 54.6 Å². The zero-order chi connectivity index (χ0) is 16.4. The van der Waals surface area contributed by atoms with E-state index in [1.165, 1.54) is 47.5 Å². The molecule has 0 spiro atoms. The molecule has 5 aromatic rings. The van der Waals surface area contributed by atoms with Crippen LogP contribution in [0.4, 0.5) is 0 Å². The van der Waals surface area contributed by atoms with Crippen molar-refractivity contribution in [3.05, 3.63) is 60.2 Å². The Hall–Kier alpha value is -2.32. The van der Waals surface area contributed by atoms with Crippen LogP contribution in [0.2, 0.25) is 0 Å². The topological polar surface area (TPSA) is 4.93 Å². The minimum absolute atomic E-state index is 0.525. The van der Waals surface area contributed by atoms with Gasteiger partial charge in [0.1, 0.15) is 0 Å². The summed E-state index contributed by atoms with van der Waals surface area (Å²) in [6, 6.07) is 20.1. The van der Waals surface area contributed by atoms with Crippen molar-refractivity contribution in [1.29, 1.82) is 0 Å². The highest BCUT2D eigenvalue weighted by atomic mass is 32.1. The number of thiophene rings is 1. The maximum Gasteiger partial charge on any atom is 0.0670 e. The standard InChI is InChI=1S/C22H19NS/c1-13(2)14-8-6-9-18-20(14)17-12-11-16-15-7-4-5-10-19(15)24-22(16)21(17)23(18)3/h4-13H,1-3H3. The summed E-state index contributed by atoms with van der Waals surface area (Å²) in [4.78, 5) is 0. The fraction of sp³-hybridized carbons (Fsp3) is 0.182. The molecule has 0 radical (unpaired) electrons. The Morgan fingerprint density at radius 2 is 1.62 bits per heavy atom. The first-order valence-corrected chi connectivity index (χ1v) is 9.29. The van der Waals surface area contributed by atoms with Crippen molar-refractivity contribution in [1.82, 2.24) is 4.57 Å². The van der Waals surface area contributed by atoms with E-state index in [1.807, 2.05) is 11.3 Å². The Balaban J connectivity index is 2.07. The molecular weight excluding hydrogens is 310 g/mol. The van der Waals surface area contributed by atoms with Crippen molar-refractivity contribution in [2.45, 2.75) is 19.8 Å². The second kappa shape index (κ2) is 4.84. The first kappa shape index (κ1) is 14.1. The first-order chi connectivity index (χ1) is 11.7. The lowest BCUT2D eigenvalue weighted by Crippen LogP contribution is -1.90. The van der Waals surface area contributed by atoms with E-state index in [1.54, 1.807) is 0 Å². The molecule has 0 aliphatic rings. The lowest BCUT2D eigenvalue weighted by Gasteiger charge is -2.07. The van der Waals surface area contributed by atoms with E-state index in [-0.39, 0.29) is 0 Å². The molecule has 2 heteroatoms. The summed E-state index contributed by atoms with van der Waals surface area (Å²) in [6.45, 7) is 4.57. The average molecular weight is 329 g/mol. The third-order valence-electron chi connectivity index (χ3n) is 5.18. The summed E-state index contributed by atoms with van der Waals surface area (Å²) < 4.78 is 5.16. The van der Waals surface area contributed by atoms with Gasteiger partial charge in [-0.3, -0.25) is 0 Å². The van der Waals surface area contributed by atoms with Crippen molar-refractivity contribution in [3.63, 3.8) is 0 Å². The van der Waals surface area contributed by atoms with E-state index in [2.05, 4.69) is 80.1 Å². The highest BCUT2D eigenvalue weighted by Crippen LogP contribution is 2.42. The van der Waals surface area contributed by atoms with Gasteiger partial charge >= 0.3 is 0 Å². The Labute approximate surface area is 145 Å². The lowest BCUT2D eigenvalue weighted by molar-refractivity contribution is 0.876. The third kappa shape index (κ3) is 1.69. The van der Waals surface area contributed by atoms with Crippen molar-refractivity contribution < 1.29 is 0 Å². The van der Waals surface area contributed by atoms with E-state index in [0.717, 1.165) is 0 Å². The SMILES string of the molecule is CC(C)c1cccc2c1c1ccc3c4ccccc4sc3c1n2C. The van der Waals surface area contributed by atoms with Gasteiger partial charge in [-0.25, -0.2) is 0 Å². The lowest BCUT2D eigenvalue weighted by atomic mass is 9.97. The van der Waals surface area contributed by atoms with Crippen LogP contribution >= 0.6 is 11.3 Å². The number of hydrogen-bond acceptors (Lipinski definition) is 1. The maximum absolute atomic E-state index is 2.38. The molecule has 3 aromatic carbocycles. The third-order valence-corrected chi connectivity index (χ3v) is 6.38. The van der Waals surface area contributed by atoms with E-state index in [4.69, 9.17) is 0 Å². The van der Waals surface area contributed by atoms with Gasteiger partial charge < -0.3 is 4.57 Å². The smallest absolute Gasteiger partial charge is 0.0670 e. The molecule has 0 saturated carbocycles. The molecule has 0 fully saturated rings. The minimum atomic E-state index is 0.525. The maximum atomic E-state index is 2.38. The van der Waals surface area contributed by atoms with Gasteiger partial charge in [-0.1, -0.05) is 56.3 Å². The van der Waals surface area contributed by atoms with Crippen molar-refractivity contribution in [2.24, 2.45) is 7.05 Å². The van der Waals surface area contributed by atoms with Crippen LogP contribution in [0.5, 0.6) is 0 Å². The Kier molecular flexibility index (Phi) is 2.84. The summed E-state index contributed by atoms with van der Waals surface area (Å²) >= 11 is 1.91. The summed E-state index contributed by atoms with van der Waals surface area (Å²) in [6.07, 6.45) is 0. The zero-order valence-electron chi connectivity index (χ0n) is 14.1. The van der Waals surface area contributed by atoms with Crippen LogP contribution in [0.25, 0.3) is 42.0 Å². The highest BCUT2D eigenvalue weighted by Gasteiger charge is 2.17. The molecule has 24 heavy (non-hydrogen) atoms. The van der Waals surface area contributed by atoms with Gasteiger partial charge in [-0.2, -0.15) is 0 Å². The molecule has 0 N–H and O–H groups in total. The highest BCUT2D eigenvalue weighted by molar-refractivity contribution is 7.26. The monoisotopic (exact) mass is 329 g/mol. The molecule has 0 amide bonds. The van der Waals surface area contributed by atoms with Crippen LogP contribution in [0.1, 0.15) is 25.3 Å². The second-order valence-corrected chi connectivity index (χ2v) is 7.94. The average Bonchev–Trinajstić information content (AvgIpc) is 3.11. The molecule has 0 saturated heterocycles. The van der Waals surface area contributed by atoms with Gasteiger partial charge in [0.05, 0.1) is 10.2 Å². The number of aryl methyl sites for hydroxylation is 1. The number of nitrogens with zero attached hydrogens (tertiary/aromatic N) is 1. The van der Waals surface area contributed by atoms with Gasteiger partial charge in [0, 0.05) is 38.8 Å². The molecule has 0 aliphatic carbocycles. The van der Waals surface area contributed by atoms with E-state index >= 15 is 0 Å². The van der Waals surface area contributed by atoms with Crippen molar-refractivity contribution >= 4 is 53.3 Å². The molecule has 5 rings (SSSR count). The number of rotatable bonds is 1. The fourth-order valence-corrected chi connectivity index (χ4v) is 5.33. The number of aromatic nitrogens is 1. The minimum Gasteiger partial charge on any atom is -0.342 e. The first-order valence-electron chi connectivity index (χ1n) is 8.48. The van der Waals surface area contributed by atoms with Gasteiger partial charge in [-0.15, -0.1) is 11.3 Å². The van der Waals surface area contributed by atoms with E-state index in [9.17, 15) is 0 Å². The Morgan fingerprint density at radius 1 is 0.833 bits per heavy atom. The molecule has 0 bridgehead atoms. The second-order valence-electron chi connectivity index (χ2n) is 6.89. The number of benzene rings is 3. The van der Waals surface area contributed by atoms with Crippen LogP contribution in [-0.4, -0.2) is 4.57 Å². The summed E-state index contributed by atoms with van der Waals surface area (Å²) in [5.74, 6) is 0.525. The largest absolute Gasteiger partial charge is 0.342 e. The summed E-state index contributed by atoms with van der Waals surface area (Å²) in [5.41, 5.74) is 4.15. The molecule has 0 atom stereocenters. The normalized spacial score (nSPS) is 12.3. The molecule has 0 unspecified atom stereocenters. The van der Waals surface area contributed by atoms with Crippen LogP contribution < -0.4 is 0 Å². The molecular formula is C22H19NS. The van der Waals surface area contributed by atoms with Crippen LogP contribution in [-0.2, 0) is 7.05 Å². The quantitative estimate of drug-likeness (QED) is 0.318. The summed E-state index contributed by atoms with van der Waals surface area (Å²) in [7, 11) is 2.21. The fourth-order valence-electron chi connectivity index (χ4n) is 4.04. The number of hydrogen-bond donors (Lipinski definition) is 0.